The molecule has 1 unspecified atom stereocenters. The van der Waals surface area contributed by atoms with Gasteiger partial charge in [-0.1, -0.05) is 0 Å². The first kappa shape index (κ1) is 14.3. The molecular weight excluding hydrogens is 262 g/mol. The number of anilines is 1. The van der Waals surface area contributed by atoms with E-state index in [0.29, 0.717) is 6.54 Å². The lowest BCUT2D eigenvalue weighted by molar-refractivity contribution is 0.0691. The van der Waals surface area contributed by atoms with E-state index in [1.807, 2.05) is 0 Å². The van der Waals surface area contributed by atoms with E-state index in [2.05, 4.69) is 15.6 Å². The van der Waals surface area contributed by atoms with Crippen LogP contribution in [0, 0.1) is 0 Å². The van der Waals surface area contributed by atoms with Gasteiger partial charge in [-0.15, -0.1) is 0 Å². The zero-order valence-corrected chi connectivity index (χ0v) is 11.0. The number of ether oxygens (including phenoxy) is 1. The van der Waals surface area contributed by atoms with Crippen LogP contribution < -0.4 is 10.6 Å². The average Bonchev–Trinajstić information content (AvgIpc) is 2.92. The summed E-state index contributed by atoms with van der Waals surface area (Å²) >= 11 is 0. The Balaban J connectivity index is 1.80. The van der Waals surface area contributed by atoms with Crippen molar-refractivity contribution in [3.05, 3.63) is 24.0 Å². The molecule has 0 saturated carbocycles. The lowest BCUT2D eigenvalue weighted by atomic mass is 10.2. The number of carbonyl (C=O) groups excluding carboxylic acids is 1. The average molecular weight is 279 g/mol. The summed E-state index contributed by atoms with van der Waals surface area (Å²) in [6.07, 6.45) is 4.42. The number of amides is 2. The van der Waals surface area contributed by atoms with Crippen LogP contribution in [0.1, 0.15) is 29.8 Å². The number of nitrogens with zero attached hydrogens (tertiary/aromatic N) is 1. The normalized spacial score (nSPS) is 17.7. The van der Waals surface area contributed by atoms with Crippen LogP contribution in [0.3, 0.4) is 0 Å². The molecule has 1 saturated heterocycles. The van der Waals surface area contributed by atoms with E-state index < -0.39 is 12.0 Å². The number of urea groups is 1. The Kier molecular flexibility index (Phi) is 4.89. The first-order valence-electron chi connectivity index (χ1n) is 6.51. The quantitative estimate of drug-likeness (QED) is 0.757. The SMILES string of the molecule is O=C(NCCC1CCCO1)Nc1cccnc1C(=O)O. The molecule has 1 aromatic rings. The molecule has 7 nitrogen and oxygen atoms in total. The molecule has 1 aliphatic rings. The van der Waals surface area contributed by atoms with Crippen molar-refractivity contribution < 1.29 is 19.4 Å². The molecule has 20 heavy (non-hydrogen) atoms. The third-order valence-corrected chi connectivity index (χ3v) is 3.03. The molecule has 0 aliphatic carbocycles. The number of pyridine rings is 1. The monoisotopic (exact) mass is 279 g/mol. The van der Waals surface area contributed by atoms with Gasteiger partial charge in [-0.25, -0.2) is 14.6 Å². The van der Waals surface area contributed by atoms with Crippen LogP contribution in [-0.2, 0) is 4.74 Å². The maximum atomic E-state index is 11.7. The van der Waals surface area contributed by atoms with Gasteiger partial charge in [0, 0.05) is 19.3 Å². The van der Waals surface area contributed by atoms with Gasteiger partial charge in [0.15, 0.2) is 5.69 Å². The van der Waals surface area contributed by atoms with Crippen LogP contribution in [0.5, 0.6) is 0 Å². The molecule has 2 rings (SSSR count). The van der Waals surface area contributed by atoms with Crippen LogP contribution in [0.4, 0.5) is 10.5 Å². The first-order valence-corrected chi connectivity index (χ1v) is 6.51. The third kappa shape index (κ3) is 3.92. The minimum Gasteiger partial charge on any atom is -0.476 e. The van der Waals surface area contributed by atoms with Crippen molar-refractivity contribution in [2.45, 2.75) is 25.4 Å². The van der Waals surface area contributed by atoms with Crippen molar-refractivity contribution in [1.29, 1.82) is 0 Å². The Bertz CT molecular complexity index is 486. The molecule has 108 valence electrons. The maximum absolute atomic E-state index is 11.7. The minimum atomic E-state index is -1.18. The van der Waals surface area contributed by atoms with E-state index in [-0.39, 0.29) is 17.5 Å². The number of hydrogen-bond donors (Lipinski definition) is 3. The molecule has 0 aromatic carbocycles. The Labute approximate surface area is 116 Å². The molecular formula is C13H17N3O4. The predicted octanol–water partition coefficient (Wildman–Crippen LogP) is 1.47. The van der Waals surface area contributed by atoms with Crippen LogP contribution in [0.2, 0.25) is 0 Å². The van der Waals surface area contributed by atoms with Gasteiger partial charge in [-0.2, -0.15) is 0 Å². The standard InChI is InChI=1S/C13H17N3O4/c17-12(18)11-10(4-1-6-14-11)16-13(19)15-7-5-9-3-2-8-20-9/h1,4,6,9H,2-3,5,7-8H2,(H,17,18)(H2,15,16,19). The van der Waals surface area contributed by atoms with Crippen molar-refractivity contribution in [3.8, 4) is 0 Å². The minimum absolute atomic E-state index is 0.176. The second kappa shape index (κ2) is 6.85. The van der Waals surface area contributed by atoms with Crippen LogP contribution in [0.15, 0.2) is 18.3 Å². The van der Waals surface area contributed by atoms with E-state index in [0.717, 1.165) is 25.9 Å². The number of aromatic nitrogens is 1. The van der Waals surface area contributed by atoms with Crippen molar-refractivity contribution in [1.82, 2.24) is 10.3 Å². The van der Waals surface area contributed by atoms with Gasteiger partial charge in [0.2, 0.25) is 0 Å². The summed E-state index contributed by atoms with van der Waals surface area (Å²) in [6, 6.07) is 2.61. The Morgan fingerprint density at radius 2 is 2.35 bits per heavy atom. The van der Waals surface area contributed by atoms with Gasteiger partial charge in [0.25, 0.3) is 0 Å². The number of carboxylic acid groups (broad SMARTS) is 1. The molecule has 0 spiro atoms. The highest BCUT2D eigenvalue weighted by Gasteiger charge is 2.16. The number of nitrogens with one attached hydrogen (secondary N) is 2. The van der Waals surface area contributed by atoms with Gasteiger partial charge >= 0.3 is 12.0 Å². The number of hydrogen-bond acceptors (Lipinski definition) is 4. The number of carboxylic acids is 1. The van der Waals surface area contributed by atoms with Crippen molar-refractivity contribution >= 4 is 17.7 Å². The largest absolute Gasteiger partial charge is 0.476 e. The Morgan fingerprint density at radius 3 is 3.05 bits per heavy atom. The molecule has 1 aromatic heterocycles. The molecule has 0 radical (unpaired) electrons. The van der Waals surface area contributed by atoms with E-state index in [1.165, 1.54) is 12.3 Å². The summed E-state index contributed by atoms with van der Waals surface area (Å²) in [4.78, 5) is 26.3. The molecule has 2 heterocycles. The van der Waals surface area contributed by atoms with E-state index >= 15 is 0 Å². The number of carbonyl (C=O) groups is 2. The Morgan fingerprint density at radius 1 is 1.50 bits per heavy atom. The van der Waals surface area contributed by atoms with Crippen molar-refractivity contribution in [3.63, 3.8) is 0 Å². The van der Waals surface area contributed by atoms with Gasteiger partial charge in [-0.05, 0) is 31.4 Å². The van der Waals surface area contributed by atoms with Crippen LogP contribution >= 0.6 is 0 Å². The lowest BCUT2D eigenvalue weighted by Gasteiger charge is -2.11. The van der Waals surface area contributed by atoms with Gasteiger partial charge in [-0.3, -0.25) is 0 Å². The third-order valence-electron chi connectivity index (χ3n) is 3.03. The fourth-order valence-electron chi connectivity index (χ4n) is 2.06. The fourth-order valence-corrected chi connectivity index (χ4v) is 2.06. The lowest BCUT2D eigenvalue weighted by Crippen LogP contribution is -2.31. The van der Waals surface area contributed by atoms with Crippen LogP contribution in [0.25, 0.3) is 0 Å². The fraction of sp³-hybridized carbons (Fsp3) is 0.462. The topological polar surface area (TPSA) is 101 Å². The maximum Gasteiger partial charge on any atom is 0.356 e. The van der Waals surface area contributed by atoms with E-state index in [4.69, 9.17) is 9.84 Å². The first-order chi connectivity index (χ1) is 9.66. The number of aromatic carboxylic acids is 1. The molecule has 1 aliphatic heterocycles. The molecule has 0 bridgehead atoms. The number of rotatable bonds is 5. The van der Waals surface area contributed by atoms with Crippen molar-refractivity contribution in [2.75, 3.05) is 18.5 Å². The second-order valence-corrected chi connectivity index (χ2v) is 4.51. The summed E-state index contributed by atoms with van der Waals surface area (Å²) in [6.45, 7) is 1.27. The highest BCUT2D eigenvalue weighted by Crippen LogP contribution is 2.14. The Hall–Kier alpha value is -2.15. The van der Waals surface area contributed by atoms with E-state index in [9.17, 15) is 9.59 Å². The molecule has 7 heteroatoms. The zero-order valence-electron chi connectivity index (χ0n) is 11.0. The smallest absolute Gasteiger partial charge is 0.356 e. The summed E-state index contributed by atoms with van der Waals surface area (Å²) in [7, 11) is 0. The van der Waals surface area contributed by atoms with Gasteiger partial charge in [0.1, 0.15) is 0 Å². The highest BCUT2D eigenvalue weighted by molar-refractivity contribution is 5.98. The highest BCUT2D eigenvalue weighted by atomic mass is 16.5. The second-order valence-electron chi connectivity index (χ2n) is 4.51. The molecule has 3 N–H and O–H groups in total. The van der Waals surface area contributed by atoms with Gasteiger partial charge < -0.3 is 20.5 Å². The predicted molar refractivity (Wildman–Crippen MR) is 71.8 cm³/mol. The summed E-state index contributed by atoms with van der Waals surface area (Å²) in [5, 5.41) is 14.1. The van der Waals surface area contributed by atoms with Crippen LogP contribution in [-0.4, -0.2) is 41.3 Å². The summed E-state index contributed by atoms with van der Waals surface area (Å²) in [5.41, 5.74) is -0.00334. The molecule has 2 amide bonds. The van der Waals surface area contributed by atoms with Gasteiger partial charge in [0.05, 0.1) is 11.8 Å². The zero-order chi connectivity index (χ0) is 14.4. The summed E-state index contributed by atoms with van der Waals surface area (Å²) in [5.74, 6) is -1.18. The van der Waals surface area contributed by atoms with E-state index in [1.54, 1.807) is 6.07 Å². The van der Waals surface area contributed by atoms with Crippen molar-refractivity contribution in [2.24, 2.45) is 0 Å². The molecule has 1 fully saturated rings. The summed E-state index contributed by atoms with van der Waals surface area (Å²) < 4.78 is 5.44. The molecule has 1 atom stereocenters.